The van der Waals surface area contributed by atoms with Crippen LogP contribution in [0.2, 0.25) is 0 Å². The normalized spacial score (nSPS) is 2.00. The van der Waals surface area contributed by atoms with E-state index in [1.54, 1.807) is 0 Å². The van der Waals surface area contributed by atoms with Crippen molar-refractivity contribution in [3.05, 3.63) is 0 Å². The van der Waals surface area contributed by atoms with Gasteiger partial charge in [-0.2, -0.15) is 0 Å². The number of rotatable bonds is 0. The van der Waals surface area contributed by atoms with Crippen LogP contribution in [-0.4, -0.2) is 55.7 Å². The first kappa shape index (κ1) is 9.29. The predicted octanol–water partition coefficient (Wildman–Crippen LogP) is 0.637. The molecule has 3 heteroatoms. The van der Waals surface area contributed by atoms with Gasteiger partial charge in [0.15, 0.2) is 0 Å². The molecule has 0 saturated carbocycles. The third-order valence-corrected chi connectivity index (χ3v) is 0. The fourth-order valence-corrected chi connectivity index (χ4v) is 0. The van der Waals surface area contributed by atoms with E-state index in [1.807, 2.05) is 4.31 Å². The summed E-state index contributed by atoms with van der Waals surface area (Å²) in [5.41, 5.74) is 0. The molecule has 0 N–H and O–H groups in total. The van der Waals surface area contributed by atoms with Crippen LogP contribution in [0.1, 0.15) is 0 Å². The number of thiocarbonyl (C=S) groups is 2. The maximum absolute atomic E-state index is 3.96. The Balaban J connectivity index is 0. The largest absolute Gasteiger partial charge is 0.0297 e. The van der Waals surface area contributed by atoms with Crippen molar-refractivity contribution < 1.29 is 0 Å². The molecule has 0 aliphatic rings. The van der Waals surface area contributed by atoms with Crippen molar-refractivity contribution in [1.82, 2.24) is 0 Å². The fraction of sp³-hybridized carbons (Fsp3) is 0. The summed E-state index contributed by atoms with van der Waals surface area (Å²) < 4.78 is 1.92. The maximum Gasteiger partial charge on any atom is 0.0297 e. The summed E-state index contributed by atoms with van der Waals surface area (Å²) >= 11 is 7.92. The van der Waals surface area contributed by atoms with Crippen LogP contribution < -0.4 is 0 Å². The molecule has 0 heterocycles. The van der Waals surface area contributed by atoms with E-state index >= 15 is 0 Å². The molecule has 0 amide bonds. The van der Waals surface area contributed by atoms with Crippen LogP contribution in [0.3, 0.4) is 0 Å². The van der Waals surface area contributed by atoms with Crippen molar-refractivity contribution in [2.24, 2.45) is 0 Å². The minimum atomic E-state index is 0. The van der Waals surface area contributed by atoms with E-state index in [0.29, 0.717) is 0 Å². The second kappa shape index (κ2) is 8.85. The average molecular weight is 115 g/mol. The summed E-state index contributed by atoms with van der Waals surface area (Å²) in [5, 5.41) is 0. The van der Waals surface area contributed by atoms with Crippen molar-refractivity contribution in [2.45, 2.75) is 0 Å². The summed E-state index contributed by atoms with van der Waals surface area (Å²) in [4.78, 5) is 0. The predicted molar refractivity (Wildman–Crippen MR) is 25.9 cm³/mol. The van der Waals surface area contributed by atoms with Gasteiger partial charge in [-0.1, -0.05) is 0 Å². The van der Waals surface area contributed by atoms with Crippen LogP contribution in [0.15, 0.2) is 0 Å². The minimum absolute atomic E-state index is 0. The summed E-state index contributed by atoms with van der Waals surface area (Å²) in [6.07, 6.45) is 0. The van der Waals surface area contributed by atoms with Gasteiger partial charge in [-0.3, -0.25) is 0 Å². The molecule has 0 spiro atoms. The molecule has 0 rings (SSSR count). The maximum atomic E-state index is 3.96. The first-order valence-electron chi connectivity index (χ1n) is 0.408. The van der Waals surface area contributed by atoms with Crippen LogP contribution in [0, 0.1) is 0 Å². The molecular weight excluding hydrogens is 115 g/mol. The van der Waals surface area contributed by atoms with Crippen molar-refractivity contribution in [3.63, 3.8) is 0 Å². The van der Waals surface area contributed by atoms with Gasteiger partial charge in [0.05, 0.1) is 0 Å². The average Bonchev–Trinajstić information content (AvgIpc) is 0.918. The molecule has 0 fully saturated rings. The summed E-state index contributed by atoms with van der Waals surface area (Å²) in [7, 11) is 0. The number of hydrogen-bond acceptors (Lipinski definition) is 2. The van der Waals surface area contributed by atoms with E-state index in [9.17, 15) is 0 Å². The smallest absolute Gasteiger partial charge is 0.0148 e. The van der Waals surface area contributed by atoms with Crippen LogP contribution in [-0.2, 0) is 0 Å². The van der Waals surface area contributed by atoms with Crippen molar-refractivity contribution in [2.75, 3.05) is 0 Å². The van der Waals surface area contributed by atoms with Gasteiger partial charge in [0.1, 0.15) is 0 Å². The molecule has 0 atom stereocenters. The fourth-order valence-electron chi connectivity index (χ4n) is 0. The van der Waals surface area contributed by atoms with E-state index in [-0.39, 0.29) is 51.4 Å². The third kappa shape index (κ3) is 9.13. The zero-order valence-electron chi connectivity index (χ0n) is 2.32. The Hall–Kier alpha value is 1.86. The summed E-state index contributed by atoms with van der Waals surface area (Å²) in [5.74, 6) is 0. The Morgan fingerprint density at radius 1 is 1.25 bits per heavy atom. The van der Waals surface area contributed by atoms with E-state index in [0.717, 1.165) is 0 Å². The van der Waals surface area contributed by atoms with Crippen molar-refractivity contribution in [3.8, 4) is 0 Å². The second-order valence-corrected chi connectivity index (χ2v) is 0.750. The minimum Gasteiger partial charge on any atom is -0.0148 e. The van der Waals surface area contributed by atoms with Gasteiger partial charge in [0.2, 0.25) is 0 Å². The monoisotopic (exact) mass is 115 g/mol. The number of hydrogen-bond donors (Lipinski definition) is 0. The Bertz CT molecular complexity index is 27.0. The van der Waals surface area contributed by atoms with Gasteiger partial charge in [0, 0.05) is 55.7 Å². The van der Waals surface area contributed by atoms with E-state index in [1.165, 1.54) is 0 Å². The SMILES string of the molecule is S=C=S.[K]. The zero-order chi connectivity index (χ0) is 2.71. The molecule has 0 aliphatic carbocycles. The molecule has 4 heavy (non-hydrogen) atoms. The molecule has 0 nitrogen and oxygen atoms in total. The Labute approximate surface area is 78.4 Å². The van der Waals surface area contributed by atoms with Gasteiger partial charge in [-0.05, 0) is 24.4 Å². The Morgan fingerprint density at radius 2 is 1.25 bits per heavy atom. The molecule has 17 valence electrons. The zero-order valence-corrected chi connectivity index (χ0v) is 7.07. The third-order valence-electron chi connectivity index (χ3n) is 0. The molecule has 1 radical (unpaired) electrons. The second-order valence-electron chi connectivity index (χ2n) is 0.0833. The molecule has 0 bridgehead atoms. The van der Waals surface area contributed by atoms with Crippen LogP contribution in [0.5, 0.6) is 0 Å². The molecule has 0 aromatic heterocycles. The van der Waals surface area contributed by atoms with E-state index in [2.05, 4.69) is 24.4 Å². The first-order valence-corrected chi connectivity index (χ1v) is 1.22. The molecule has 0 aromatic carbocycles. The Kier molecular flexibility index (Phi) is 20.6. The molecule has 0 aromatic rings. The van der Waals surface area contributed by atoms with Crippen LogP contribution in [0.4, 0.5) is 0 Å². The molecular formula is CKS2. The quantitative estimate of drug-likeness (QED) is 0.335. The van der Waals surface area contributed by atoms with Crippen LogP contribution >= 0.6 is 24.4 Å². The van der Waals surface area contributed by atoms with Gasteiger partial charge >= 0.3 is 0 Å². The first-order chi connectivity index (χ1) is 1.41. The Morgan fingerprint density at radius 3 is 1.25 bits per heavy atom. The molecule has 0 unspecified atom stereocenters. The van der Waals surface area contributed by atoms with Crippen LogP contribution in [0.25, 0.3) is 0 Å². The van der Waals surface area contributed by atoms with Gasteiger partial charge in [0.25, 0.3) is 0 Å². The van der Waals surface area contributed by atoms with E-state index in [4.69, 9.17) is 0 Å². The van der Waals surface area contributed by atoms with Gasteiger partial charge < -0.3 is 0 Å². The summed E-state index contributed by atoms with van der Waals surface area (Å²) in [6, 6.07) is 0. The van der Waals surface area contributed by atoms with Gasteiger partial charge in [-0.25, -0.2) is 0 Å². The summed E-state index contributed by atoms with van der Waals surface area (Å²) in [6.45, 7) is 0. The topological polar surface area (TPSA) is 0 Å². The van der Waals surface area contributed by atoms with E-state index < -0.39 is 0 Å². The van der Waals surface area contributed by atoms with Gasteiger partial charge in [-0.15, -0.1) is 0 Å². The standard InChI is InChI=1S/CS2.K/c2-1-3;. The molecule has 0 saturated heterocycles. The van der Waals surface area contributed by atoms with Crippen molar-refractivity contribution in [1.29, 1.82) is 0 Å². The van der Waals surface area contributed by atoms with Crippen molar-refractivity contribution >= 4 is 80.1 Å². The molecule has 0 aliphatic heterocycles.